The Morgan fingerprint density at radius 1 is 1.44 bits per heavy atom. The SMILES string of the molecule is C/C=N\C(=NC(/C=C/OC)[C@H](C)CC)S(C)(=O)=O. The van der Waals surface area contributed by atoms with E-state index in [4.69, 9.17) is 4.74 Å². The number of hydrogen-bond acceptors (Lipinski definition) is 4. The summed E-state index contributed by atoms with van der Waals surface area (Å²) in [5.41, 5.74) is 0. The summed E-state index contributed by atoms with van der Waals surface area (Å²) in [7, 11) is -1.87. The maximum Gasteiger partial charge on any atom is 0.242 e. The van der Waals surface area contributed by atoms with E-state index in [1.165, 1.54) is 19.6 Å². The Hall–Kier alpha value is -1.17. The molecule has 0 aromatic carbocycles. The van der Waals surface area contributed by atoms with Crippen molar-refractivity contribution in [2.45, 2.75) is 33.2 Å². The summed E-state index contributed by atoms with van der Waals surface area (Å²) in [4.78, 5) is 8.03. The van der Waals surface area contributed by atoms with Crippen LogP contribution in [0.3, 0.4) is 0 Å². The lowest BCUT2D eigenvalue weighted by atomic mass is 10.00. The van der Waals surface area contributed by atoms with Crippen LogP contribution < -0.4 is 0 Å². The van der Waals surface area contributed by atoms with Gasteiger partial charge in [-0.05, 0) is 18.9 Å². The van der Waals surface area contributed by atoms with Gasteiger partial charge in [-0.2, -0.15) is 0 Å². The highest BCUT2D eigenvalue weighted by Crippen LogP contribution is 2.14. The first-order chi connectivity index (χ1) is 8.36. The second-order valence-corrected chi connectivity index (χ2v) is 5.92. The Morgan fingerprint density at radius 2 is 2.06 bits per heavy atom. The van der Waals surface area contributed by atoms with E-state index in [0.717, 1.165) is 12.7 Å². The minimum absolute atomic E-state index is 0.143. The molecule has 1 unspecified atom stereocenters. The second kappa shape index (κ2) is 8.02. The quantitative estimate of drug-likeness (QED) is 0.438. The van der Waals surface area contributed by atoms with Crippen LogP contribution in [0.25, 0.3) is 0 Å². The van der Waals surface area contributed by atoms with Gasteiger partial charge in [0.1, 0.15) is 0 Å². The highest BCUT2D eigenvalue weighted by molar-refractivity contribution is 8.05. The normalized spacial score (nSPS) is 17.3. The number of nitrogens with zero attached hydrogens (tertiary/aromatic N) is 2. The van der Waals surface area contributed by atoms with Crippen LogP contribution >= 0.6 is 0 Å². The third-order valence-electron chi connectivity index (χ3n) is 2.47. The molecule has 104 valence electrons. The fraction of sp³-hybridized carbons (Fsp3) is 0.667. The molecule has 0 aliphatic carbocycles. The lowest BCUT2D eigenvalue weighted by Gasteiger charge is -2.15. The molecule has 2 atom stereocenters. The summed E-state index contributed by atoms with van der Waals surface area (Å²) in [6.07, 6.45) is 6.66. The maximum atomic E-state index is 11.5. The van der Waals surface area contributed by atoms with Gasteiger partial charge < -0.3 is 4.74 Å². The maximum absolute atomic E-state index is 11.5. The van der Waals surface area contributed by atoms with Crippen LogP contribution in [-0.4, -0.2) is 39.2 Å². The number of ether oxygens (including phenoxy) is 1. The molecule has 0 aromatic heterocycles. The van der Waals surface area contributed by atoms with Crippen LogP contribution in [0.2, 0.25) is 0 Å². The predicted octanol–water partition coefficient (Wildman–Crippen LogP) is 2.05. The summed E-state index contributed by atoms with van der Waals surface area (Å²) >= 11 is 0. The minimum atomic E-state index is -3.41. The molecule has 0 aliphatic heterocycles. The Balaban J connectivity index is 5.40. The van der Waals surface area contributed by atoms with Gasteiger partial charge in [-0.25, -0.2) is 18.4 Å². The zero-order chi connectivity index (χ0) is 14.2. The van der Waals surface area contributed by atoms with E-state index in [1.54, 1.807) is 13.0 Å². The van der Waals surface area contributed by atoms with E-state index < -0.39 is 9.84 Å². The number of hydrogen-bond donors (Lipinski definition) is 0. The molecule has 0 bridgehead atoms. The van der Waals surface area contributed by atoms with Crippen LogP contribution in [-0.2, 0) is 14.6 Å². The van der Waals surface area contributed by atoms with Gasteiger partial charge >= 0.3 is 0 Å². The first-order valence-electron chi connectivity index (χ1n) is 5.82. The zero-order valence-corrected chi connectivity index (χ0v) is 12.4. The Morgan fingerprint density at radius 3 is 2.44 bits per heavy atom. The van der Waals surface area contributed by atoms with Crippen LogP contribution in [0.15, 0.2) is 22.3 Å². The van der Waals surface area contributed by atoms with Crippen LogP contribution in [0.4, 0.5) is 0 Å². The summed E-state index contributed by atoms with van der Waals surface area (Å²) in [5.74, 6) is 0.209. The van der Waals surface area contributed by atoms with Crippen molar-refractivity contribution in [1.82, 2.24) is 0 Å². The van der Waals surface area contributed by atoms with Gasteiger partial charge in [0, 0.05) is 12.5 Å². The Bertz CT molecular complexity index is 425. The standard InChI is InChI=1S/C12H22N2O3S/c1-6-10(3)11(8-9-17-4)14-12(13-7-2)18(5,15)16/h7-11H,6H2,1-5H3/b9-8+,13-7-,14-12?/t10-,11?/m1/s1. The monoisotopic (exact) mass is 274 g/mol. The number of methoxy groups -OCH3 is 1. The van der Waals surface area contributed by atoms with Crippen LogP contribution in [0.1, 0.15) is 27.2 Å². The number of sulfone groups is 1. The molecule has 0 heterocycles. The Labute approximate surface area is 110 Å². The molecule has 0 amide bonds. The van der Waals surface area contributed by atoms with Crippen LogP contribution in [0, 0.1) is 5.92 Å². The van der Waals surface area contributed by atoms with Crippen molar-refractivity contribution in [3.63, 3.8) is 0 Å². The molecule has 0 radical (unpaired) electrons. The van der Waals surface area contributed by atoms with E-state index in [2.05, 4.69) is 9.98 Å². The molecule has 0 spiro atoms. The van der Waals surface area contributed by atoms with Gasteiger partial charge in [0.05, 0.1) is 19.4 Å². The van der Waals surface area contributed by atoms with Gasteiger partial charge in [-0.1, -0.05) is 20.3 Å². The molecule has 0 N–H and O–H groups in total. The van der Waals surface area contributed by atoms with Gasteiger partial charge in [0.2, 0.25) is 15.0 Å². The minimum Gasteiger partial charge on any atom is -0.505 e. The third kappa shape index (κ3) is 5.95. The lowest BCUT2D eigenvalue weighted by molar-refractivity contribution is 0.333. The van der Waals surface area contributed by atoms with Gasteiger partial charge in [0.15, 0.2) is 0 Å². The number of aliphatic imine (C=N–C) groups is 2. The Kier molecular flexibility index (Phi) is 7.50. The summed E-state index contributed by atoms with van der Waals surface area (Å²) in [6, 6.07) is -0.261. The van der Waals surface area contributed by atoms with E-state index in [-0.39, 0.29) is 17.1 Å². The molecule has 5 nitrogen and oxygen atoms in total. The molecule has 0 saturated heterocycles. The van der Waals surface area contributed by atoms with Gasteiger partial charge in [-0.3, -0.25) is 0 Å². The van der Waals surface area contributed by atoms with Gasteiger partial charge in [0.25, 0.3) is 0 Å². The summed E-state index contributed by atoms with van der Waals surface area (Å²) in [5, 5.41) is -0.143. The molecule has 6 heteroatoms. The smallest absolute Gasteiger partial charge is 0.242 e. The molecule has 0 aromatic rings. The van der Waals surface area contributed by atoms with Gasteiger partial charge in [-0.15, -0.1) is 0 Å². The second-order valence-electron chi connectivity index (χ2n) is 4.01. The van der Waals surface area contributed by atoms with E-state index in [9.17, 15) is 8.42 Å². The zero-order valence-electron chi connectivity index (χ0n) is 11.6. The first kappa shape index (κ1) is 16.8. The fourth-order valence-corrected chi connectivity index (χ4v) is 1.83. The average Bonchev–Trinajstić information content (AvgIpc) is 2.30. The summed E-state index contributed by atoms with van der Waals surface area (Å²) < 4.78 is 27.9. The number of rotatable bonds is 5. The fourth-order valence-electron chi connectivity index (χ4n) is 1.22. The first-order valence-corrected chi connectivity index (χ1v) is 7.71. The molecule has 0 rings (SSSR count). The van der Waals surface area contributed by atoms with Crippen molar-refractivity contribution in [1.29, 1.82) is 0 Å². The van der Waals surface area contributed by atoms with Crippen molar-refractivity contribution in [2.24, 2.45) is 15.9 Å². The molecule has 18 heavy (non-hydrogen) atoms. The topological polar surface area (TPSA) is 68.1 Å². The summed E-state index contributed by atoms with van der Waals surface area (Å²) in [6.45, 7) is 5.69. The van der Waals surface area contributed by atoms with E-state index in [0.29, 0.717) is 0 Å². The third-order valence-corrected chi connectivity index (χ3v) is 3.34. The van der Waals surface area contributed by atoms with Crippen molar-refractivity contribution in [3.8, 4) is 0 Å². The van der Waals surface area contributed by atoms with Crippen LogP contribution in [0.5, 0.6) is 0 Å². The van der Waals surface area contributed by atoms with Crippen molar-refractivity contribution in [2.75, 3.05) is 13.4 Å². The highest BCUT2D eigenvalue weighted by Gasteiger charge is 2.17. The molecule has 0 saturated carbocycles. The predicted molar refractivity (Wildman–Crippen MR) is 75.8 cm³/mol. The van der Waals surface area contributed by atoms with E-state index >= 15 is 0 Å². The molecule has 0 aliphatic rings. The average molecular weight is 274 g/mol. The van der Waals surface area contributed by atoms with Crippen molar-refractivity contribution < 1.29 is 13.2 Å². The lowest BCUT2D eigenvalue weighted by Crippen LogP contribution is -2.19. The molecule has 0 fully saturated rings. The molecular weight excluding hydrogens is 252 g/mol. The van der Waals surface area contributed by atoms with Crippen molar-refractivity contribution in [3.05, 3.63) is 12.3 Å². The molecular formula is C12H22N2O3S. The highest BCUT2D eigenvalue weighted by atomic mass is 32.2. The largest absolute Gasteiger partial charge is 0.505 e. The van der Waals surface area contributed by atoms with E-state index in [1.807, 2.05) is 13.8 Å². The van der Waals surface area contributed by atoms with Crippen molar-refractivity contribution >= 4 is 21.2 Å². The number of amidine groups is 1.